The Kier molecular flexibility index (Phi) is 4.86. The molecule has 0 atom stereocenters. The molecule has 0 saturated carbocycles. The molecule has 2 aromatic rings. The molecule has 0 aromatic heterocycles. The number of carbonyl (C=O) groups is 2. The summed E-state index contributed by atoms with van der Waals surface area (Å²) in [5.74, 6) is -0.0827. The number of halogens is 1. The van der Waals surface area contributed by atoms with E-state index in [1.54, 1.807) is 18.2 Å². The number of Topliss-reactive ketones (excluding diaryl/α,β-unsaturated/α-hetero) is 1. The number of benzene rings is 2. The monoisotopic (exact) mass is 343 g/mol. The van der Waals surface area contributed by atoms with Crippen LogP contribution in [0.5, 0.6) is 5.75 Å². The van der Waals surface area contributed by atoms with Crippen LogP contribution in [0.15, 0.2) is 42.5 Å². The van der Waals surface area contributed by atoms with Crippen molar-refractivity contribution in [2.75, 3.05) is 18.1 Å². The molecule has 0 spiro atoms. The molecule has 1 aliphatic heterocycles. The van der Waals surface area contributed by atoms with Gasteiger partial charge < -0.3 is 9.64 Å². The van der Waals surface area contributed by atoms with Crippen molar-refractivity contribution in [2.24, 2.45) is 0 Å². The zero-order valence-corrected chi connectivity index (χ0v) is 14.2. The average molecular weight is 344 g/mol. The normalized spacial score (nSPS) is 13.3. The van der Waals surface area contributed by atoms with E-state index < -0.39 is 11.7 Å². The quantitative estimate of drug-likeness (QED) is 0.587. The molecule has 0 radical (unpaired) electrons. The van der Waals surface area contributed by atoms with Gasteiger partial charge in [-0.2, -0.15) is 0 Å². The molecule has 124 valence electrons. The van der Waals surface area contributed by atoms with Crippen LogP contribution in [0.2, 0.25) is 5.02 Å². The third-order valence-corrected chi connectivity index (χ3v) is 4.30. The molecule has 0 N–H and O–H groups in total. The van der Waals surface area contributed by atoms with E-state index in [1.807, 2.05) is 31.2 Å². The van der Waals surface area contributed by atoms with Gasteiger partial charge in [-0.1, -0.05) is 29.8 Å². The molecular formula is C19H18ClNO3. The maximum absolute atomic E-state index is 12.1. The molecule has 5 heteroatoms. The molecule has 0 unspecified atom stereocenters. The second kappa shape index (κ2) is 7.05. The van der Waals surface area contributed by atoms with Crippen molar-refractivity contribution >= 4 is 29.0 Å². The average Bonchev–Trinajstić information content (AvgIpc) is 2.80. The van der Waals surface area contributed by atoms with E-state index in [-0.39, 0.29) is 0 Å². The lowest BCUT2D eigenvalue weighted by atomic mass is 10.1. The van der Waals surface area contributed by atoms with Crippen LogP contribution >= 0.6 is 11.6 Å². The van der Waals surface area contributed by atoms with Crippen LogP contribution in [-0.4, -0.2) is 24.8 Å². The SMILES string of the molecule is Cc1ccccc1OCCCCN1C(=O)C(=O)c2cc(Cl)ccc21. The fourth-order valence-corrected chi connectivity index (χ4v) is 2.94. The Morgan fingerprint density at radius 2 is 1.88 bits per heavy atom. The van der Waals surface area contributed by atoms with E-state index in [9.17, 15) is 9.59 Å². The Morgan fingerprint density at radius 3 is 2.67 bits per heavy atom. The van der Waals surface area contributed by atoms with Crippen molar-refractivity contribution in [1.29, 1.82) is 0 Å². The second-order valence-electron chi connectivity index (χ2n) is 5.77. The lowest BCUT2D eigenvalue weighted by molar-refractivity contribution is -0.114. The van der Waals surface area contributed by atoms with Crippen molar-refractivity contribution in [3.63, 3.8) is 0 Å². The summed E-state index contributed by atoms with van der Waals surface area (Å²) >= 11 is 5.90. The number of fused-ring (bicyclic) bond motifs is 1. The number of ether oxygens (including phenoxy) is 1. The van der Waals surface area contributed by atoms with E-state index >= 15 is 0 Å². The number of anilines is 1. The lowest BCUT2D eigenvalue weighted by Gasteiger charge is -2.16. The van der Waals surface area contributed by atoms with Gasteiger partial charge in [-0.3, -0.25) is 9.59 Å². The highest BCUT2D eigenvalue weighted by Crippen LogP contribution is 2.31. The Balaban J connectivity index is 1.53. The van der Waals surface area contributed by atoms with Crippen molar-refractivity contribution in [3.05, 3.63) is 58.6 Å². The highest BCUT2D eigenvalue weighted by molar-refractivity contribution is 6.52. The van der Waals surface area contributed by atoms with Gasteiger partial charge in [-0.25, -0.2) is 0 Å². The minimum atomic E-state index is -0.483. The summed E-state index contributed by atoms with van der Waals surface area (Å²) in [5.41, 5.74) is 2.14. The van der Waals surface area contributed by atoms with E-state index in [0.29, 0.717) is 29.4 Å². The Hall–Kier alpha value is -2.33. The molecule has 1 heterocycles. The molecule has 24 heavy (non-hydrogen) atoms. The summed E-state index contributed by atoms with van der Waals surface area (Å²) in [6, 6.07) is 12.8. The summed E-state index contributed by atoms with van der Waals surface area (Å²) in [7, 11) is 0. The minimum absolute atomic E-state index is 0.392. The smallest absolute Gasteiger partial charge is 0.299 e. The largest absolute Gasteiger partial charge is 0.493 e. The van der Waals surface area contributed by atoms with Crippen LogP contribution < -0.4 is 9.64 Å². The molecule has 1 aliphatic rings. The number of para-hydroxylation sites is 1. The van der Waals surface area contributed by atoms with Crippen LogP contribution in [0.1, 0.15) is 28.8 Å². The van der Waals surface area contributed by atoms with Gasteiger partial charge in [0.05, 0.1) is 17.9 Å². The van der Waals surface area contributed by atoms with E-state index in [2.05, 4.69) is 0 Å². The molecular weight excluding hydrogens is 326 g/mol. The molecule has 3 rings (SSSR count). The van der Waals surface area contributed by atoms with Crippen LogP contribution in [0.3, 0.4) is 0 Å². The standard InChI is InChI=1S/C19H18ClNO3/c1-13-6-2-3-7-17(13)24-11-5-4-10-21-16-9-8-14(20)12-15(16)18(22)19(21)23/h2-3,6-9,12H,4-5,10-11H2,1H3. The van der Waals surface area contributed by atoms with Gasteiger partial charge in [0.1, 0.15) is 5.75 Å². The van der Waals surface area contributed by atoms with Crippen LogP contribution in [0.25, 0.3) is 0 Å². The summed E-state index contributed by atoms with van der Waals surface area (Å²) in [6.07, 6.45) is 1.56. The van der Waals surface area contributed by atoms with Gasteiger partial charge in [-0.05, 0) is 49.6 Å². The molecule has 0 fully saturated rings. The number of hydrogen-bond acceptors (Lipinski definition) is 3. The zero-order valence-electron chi connectivity index (χ0n) is 13.4. The Morgan fingerprint density at radius 1 is 1.08 bits per heavy atom. The van der Waals surface area contributed by atoms with Crippen LogP contribution in [-0.2, 0) is 4.79 Å². The minimum Gasteiger partial charge on any atom is -0.493 e. The maximum atomic E-state index is 12.1. The van der Waals surface area contributed by atoms with Crippen molar-refractivity contribution < 1.29 is 14.3 Å². The molecule has 2 aromatic carbocycles. The first-order chi connectivity index (χ1) is 11.6. The molecule has 4 nitrogen and oxygen atoms in total. The van der Waals surface area contributed by atoms with Crippen LogP contribution in [0, 0.1) is 6.92 Å². The molecule has 1 amide bonds. The number of ketones is 1. The van der Waals surface area contributed by atoms with Gasteiger partial charge in [0.2, 0.25) is 0 Å². The zero-order chi connectivity index (χ0) is 17.1. The summed E-state index contributed by atoms with van der Waals surface area (Å²) in [5, 5.41) is 0.461. The first-order valence-electron chi connectivity index (χ1n) is 7.92. The number of rotatable bonds is 6. The van der Waals surface area contributed by atoms with E-state index in [1.165, 1.54) is 4.90 Å². The van der Waals surface area contributed by atoms with Crippen molar-refractivity contribution in [1.82, 2.24) is 0 Å². The second-order valence-corrected chi connectivity index (χ2v) is 6.20. The molecule has 0 saturated heterocycles. The fourth-order valence-electron chi connectivity index (χ4n) is 2.77. The van der Waals surface area contributed by atoms with Gasteiger partial charge >= 0.3 is 0 Å². The first kappa shape index (κ1) is 16.5. The lowest BCUT2D eigenvalue weighted by Crippen LogP contribution is -2.30. The van der Waals surface area contributed by atoms with E-state index in [0.717, 1.165) is 24.2 Å². The van der Waals surface area contributed by atoms with Crippen molar-refractivity contribution in [2.45, 2.75) is 19.8 Å². The number of nitrogens with zero attached hydrogens (tertiary/aromatic N) is 1. The van der Waals surface area contributed by atoms with Gasteiger partial charge in [0.15, 0.2) is 0 Å². The van der Waals surface area contributed by atoms with Crippen LogP contribution in [0.4, 0.5) is 5.69 Å². The third-order valence-electron chi connectivity index (χ3n) is 4.06. The predicted molar refractivity (Wildman–Crippen MR) is 94.0 cm³/mol. The third kappa shape index (κ3) is 3.29. The Labute approximate surface area is 146 Å². The summed E-state index contributed by atoms with van der Waals surface area (Å²) in [4.78, 5) is 25.6. The predicted octanol–water partition coefficient (Wildman–Crippen LogP) is 4.04. The molecule has 0 bridgehead atoms. The summed E-state index contributed by atoms with van der Waals surface area (Å²) in [6.45, 7) is 3.08. The maximum Gasteiger partial charge on any atom is 0.299 e. The number of carbonyl (C=O) groups excluding carboxylic acids is 2. The van der Waals surface area contributed by atoms with Gasteiger partial charge in [0.25, 0.3) is 11.7 Å². The summed E-state index contributed by atoms with van der Waals surface area (Å²) < 4.78 is 5.75. The number of amides is 1. The molecule has 0 aliphatic carbocycles. The highest BCUT2D eigenvalue weighted by atomic mass is 35.5. The van der Waals surface area contributed by atoms with E-state index in [4.69, 9.17) is 16.3 Å². The number of unbranched alkanes of at least 4 members (excludes halogenated alkanes) is 1. The first-order valence-corrected chi connectivity index (χ1v) is 8.30. The topological polar surface area (TPSA) is 46.6 Å². The Bertz CT molecular complexity index is 788. The highest BCUT2D eigenvalue weighted by Gasteiger charge is 2.35. The van der Waals surface area contributed by atoms with Gasteiger partial charge in [0, 0.05) is 11.6 Å². The van der Waals surface area contributed by atoms with Gasteiger partial charge in [-0.15, -0.1) is 0 Å². The fraction of sp³-hybridized carbons (Fsp3) is 0.263. The number of hydrogen-bond donors (Lipinski definition) is 0. The number of aryl methyl sites for hydroxylation is 1. The van der Waals surface area contributed by atoms with Crippen molar-refractivity contribution in [3.8, 4) is 5.75 Å².